The summed E-state index contributed by atoms with van der Waals surface area (Å²) >= 11 is 1.53. The van der Waals surface area contributed by atoms with Crippen LogP contribution in [0, 0.1) is 0 Å². The standard InChI is InChI=1S/C18H22N4OS/c1-12(17(23)21(2)14-6-4-3-5-7-14)24-18-20-19-16(13-8-9-13)22(18)15-10-11-15/h3-7,12-13,15H,8-11H2,1-2H3/t12-/m0/s1. The van der Waals surface area contributed by atoms with E-state index in [2.05, 4.69) is 14.8 Å². The Hall–Kier alpha value is -1.82. The molecule has 6 heteroatoms. The van der Waals surface area contributed by atoms with Gasteiger partial charge in [0.05, 0.1) is 5.25 Å². The summed E-state index contributed by atoms with van der Waals surface area (Å²) in [7, 11) is 1.83. The summed E-state index contributed by atoms with van der Waals surface area (Å²) < 4.78 is 2.30. The molecule has 0 N–H and O–H groups in total. The van der Waals surface area contributed by atoms with E-state index in [1.807, 2.05) is 44.3 Å². The summed E-state index contributed by atoms with van der Waals surface area (Å²) in [4.78, 5) is 14.5. The highest BCUT2D eigenvalue weighted by Crippen LogP contribution is 2.46. The molecule has 0 aliphatic heterocycles. The topological polar surface area (TPSA) is 51.0 Å². The Labute approximate surface area is 146 Å². The smallest absolute Gasteiger partial charge is 0.240 e. The number of thioether (sulfide) groups is 1. The first-order chi connectivity index (χ1) is 11.6. The molecular formula is C18H22N4OS. The van der Waals surface area contributed by atoms with E-state index in [0.29, 0.717) is 12.0 Å². The van der Waals surface area contributed by atoms with Gasteiger partial charge in [-0.2, -0.15) is 0 Å². The Balaban J connectivity index is 1.50. The molecule has 24 heavy (non-hydrogen) atoms. The zero-order valence-corrected chi connectivity index (χ0v) is 14.9. The van der Waals surface area contributed by atoms with Crippen molar-refractivity contribution >= 4 is 23.4 Å². The average molecular weight is 342 g/mol. The Morgan fingerprint density at radius 3 is 2.54 bits per heavy atom. The molecule has 2 aliphatic rings. The largest absolute Gasteiger partial charge is 0.315 e. The molecule has 2 fully saturated rings. The van der Waals surface area contributed by atoms with Gasteiger partial charge in [-0.3, -0.25) is 4.79 Å². The second-order valence-electron chi connectivity index (χ2n) is 6.71. The van der Waals surface area contributed by atoms with Crippen molar-refractivity contribution in [2.45, 2.75) is 55.0 Å². The molecule has 4 rings (SSSR count). The van der Waals surface area contributed by atoms with Crippen LogP contribution in [0.3, 0.4) is 0 Å². The normalized spacial score (nSPS) is 18.4. The molecule has 0 radical (unpaired) electrons. The minimum atomic E-state index is -0.191. The Kier molecular flexibility index (Phi) is 4.08. The molecular weight excluding hydrogens is 320 g/mol. The first-order valence-corrected chi connectivity index (χ1v) is 9.47. The van der Waals surface area contributed by atoms with Crippen LogP contribution in [0.5, 0.6) is 0 Å². The highest BCUT2D eigenvalue weighted by Gasteiger charge is 2.37. The van der Waals surface area contributed by atoms with Crippen LogP contribution in [-0.2, 0) is 4.79 Å². The van der Waals surface area contributed by atoms with Crippen molar-refractivity contribution in [2.75, 3.05) is 11.9 Å². The van der Waals surface area contributed by atoms with Gasteiger partial charge in [-0.05, 0) is 44.7 Å². The van der Waals surface area contributed by atoms with Crippen molar-refractivity contribution in [3.8, 4) is 0 Å². The van der Waals surface area contributed by atoms with Crippen molar-refractivity contribution in [2.24, 2.45) is 0 Å². The summed E-state index contributed by atoms with van der Waals surface area (Å²) in [5, 5.41) is 9.53. The molecule has 1 atom stereocenters. The van der Waals surface area contributed by atoms with E-state index in [0.717, 1.165) is 16.7 Å². The van der Waals surface area contributed by atoms with E-state index in [9.17, 15) is 4.79 Å². The number of para-hydroxylation sites is 1. The highest BCUT2D eigenvalue weighted by molar-refractivity contribution is 8.00. The summed E-state index contributed by atoms with van der Waals surface area (Å²) in [6, 6.07) is 10.3. The van der Waals surface area contributed by atoms with Gasteiger partial charge >= 0.3 is 0 Å². The monoisotopic (exact) mass is 342 g/mol. The lowest BCUT2D eigenvalue weighted by atomic mass is 10.3. The van der Waals surface area contributed by atoms with Crippen molar-refractivity contribution in [1.82, 2.24) is 14.8 Å². The molecule has 126 valence electrons. The molecule has 0 spiro atoms. The van der Waals surface area contributed by atoms with Gasteiger partial charge in [-0.25, -0.2) is 0 Å². The van der Waals surface area contributed by atoms with E-state index < -0.39 is 0 Å². The van der Waals surface area contributed by atoms with Crippen LogP contribution in [0.25, 0.3) is 0 Å². The van der Waals surface area contributed by atoms with Gasteiger partial charge < -0.3 is 9.47 Å². The molecule has 1 amide bonds. The highest BCUT2D eigenvalue weighted by atomic mass is 32.2. The lowest BCUT2D eigenvalue weighted by molar-refractivity contribution is -0.117. The third-order valence-corrected chi connectivity index (χ3v) is 5.69. The van der Waals surface area contributed by atoms with E-state index in [1.54, 1.807) is 4.90 Å². The molecule has 2 aliphatic carbocycles. The zero-order chi connectivity index (χ0) is 16.7. The number of rotatable bonds is 6. The number of aromatic nitrogens is 3. The summed E-state index contributed by atoms with van der Waals surface area (Å²) in [5.74, 6) is 1.81. The van der Waals surface area contributed by atoms with Crippen molar-refractivity contribution in [3.05, 3.63) is 36.2 Å². The van der Waals surface area contributed by atoms with Crippen LogP contribution in [-0.4, -0.2) is 33.0 Å². The number of nitrogens with zero attached hydrogens (tertiary/aromatic N) is 4. The van der Waals surface area contributed by atoms with Crippen LogP contribution in [0.4, 0.5) is 5.69 Å². The Morgan fingerprint density at radius 1 is 1.21 bits per heavy atom. The fourth-order valence-corrected chi connectivity index (χ4v) is 3.94. The van der Waals surface area contributed by atoms with Crippen LogP contribution in [0.2, 0.25) is 0 Å². The second kappa shape index (κ2) is 6.24. The predicted octanol–water partition coefficient (Wildman–Crippen LogP) is 3.63. The first-order valence-electron chi connectivity index (χ1n) is 8.59. The van der Waals surface area contributed by atoms with Gasteiger partial charge in [0.1, 0.15) is 5.82 Å². The maximum atomic E-state index is 12.7. The third-order valence-electron chi connectivity index (χ3n) is 4.65. The number of amides is 1. The molecule has 2 aromatic rings. The molecule has 1 aromatic carbocycles. The molecule has 1 heterocycles. The van der Waals surface area contributed by atoms with Gasteiger partial charge in [0, 0.05) is 24.7 Å². The first kappa shape index (κ1) is 15.7. The molecule has 5 nitrogen and oxygen atoms in total. The van der Waals surface area contributed by atoms with E-state index in [4.69, 9.17) is 0 Å². The number of benzene rings is 1. The minimum absolute atomic E-state index is 0.0875. The molecule has 1 aromatic heterocycles. The summed E-state index contributed by atoms with van der Waals surface area (Å²) in [6.45, 7) is 1.95. The number of hydrogen-bond acceptors (Lipinski definition) is 4. The number of carbonyl (C=O) groups is 1. The van der Waals surface area contributed by atoms with Crippen molar-refractivity contribution in [1.29, 1.82) is 0 Å². The predicted molar refractivity (Wildman–Crippen MR) is 95.4 cm³/mol. The molecule has 2 saturated carbocycles. The van der Waals surface area contributed by atoms with Crippen LogP contribution in [0.15, 0.2) is 35.5 Å². The Morgan fingerprint density at radius 2 is 1.92 bits per heavy atom. The summed E-state index contributed by atoms with van der Waals surface area (Å²) in [6.07, 6.45) is 4.86. The van der Waals surface area contributed by atoms with Gasteiger partial charge in [0.25, 0.3) is 0 Å². The lowest BCUT2D eigenvalue weighted by Gasteiger charge is -2.21. The van der Waals surface area contributed by atoms with Crippen LogP contribution >= 0.6 is 11.8 Å². The average Bonchev–Trinajstić information content (AvgIpc) is 3.53. The molecule has 0 unspecified atom stereocenters. The van der Waals surface area contributed by atoms with E-state index >= 15 is 0 Å². The SMILES string of the molecule is C[C@H](Sc1nnc(C2CC2)n1C1CC1)C(=O)N(C)c1ccccc1. The van der Waals surface area contributed by atoms with E-state index in [-0.39, 0.29) is 11.2 Å². The maximum absolute atomic E-state index is 12.7. The number of carbonyl (C=O) groups excluding carboxylic acids is 1. The number of hydrogen-bond donors (Lipinski definition) is 0. The minimum Gasteiger partial charge on any atom is -0.315 e. The van der Waals surface area contributed by atoms with Gasteiger partial charge in [0.2, 0.25) is 5.91 Å². The Bertz CT molecular complexity index is 737. The molecule has 0 saturated heterocycles. The number of anilines is 1. The lowest BCUT2D eigenvalue weighted by Crippen LogP contribution is -2.33. The van der Waals surface area contributed by atoms with Gasteiger partial charge in [0.15, 0.2) is 5.16 Å². The van der Waals surface area contributed by atoms with Gasteiger partial charge in [-0.15, -0.1) is 10.2 Å². The van der Waals surface area contributed by atoms with E-state index in [1.165, 1.54) is 37.4 Å². The van der Waals surface area contributed by atoms with Crippen molar-refractivity contribution < 1.29 is 4.79 Å². The fourth-order valence-electron chi connectivity index (χ4n) is 2.92. The summed E-state index contributed by atoms with van der Waals surface area (Å²) in [5.41, 5.74) is 0.914. The van der Waals surface area contributed by atoms with Gasteiger partial charge in [-0.1, -0.05) is 30.0 Å². The second-order valence-corrected chi connectivity index (χ2v) is 8.02. The van der Waals surface area contributed by atoms with Crippen LogP contribution in [0.1, 0.15) is 50.4 Å². The zero-order valence-electron chi connectivity index (χ0n) is 14.1. The van der Waals surface area contributed by atoms with Crippen LogP contribution < -0.4 is 4.90 Å². The quantitative estimate of drug-likeness (QED) is 0.752. The molecule has 0 bridgehead atoms. The third kappa shape index (κ3) is 3.07. The fraction of sp³-hybridized carbons (Fsp3) is 0.500. The van der Waals surface area contributed by atoms with Crippen molar-refractivity contribution in [3.63, 3.8) is 0 Å². The maximum Gasteiger partial charge on any atom is 0.240 e.